The molecular weight excluding hydrogens is 342 g/mol. The molecule has 0 bridgehead atoms. The summed E-state index contributed by atoms with van der Waals surface area (Å²) in [6.07, 6.45) is 2.51. The van der Waals surface area contributed by atoms with Gasteiger partial charge in [0, 0.05) is 31.1 Å². The highest BCUT2D eigenvalue weighted by molar-refractivity contribution is 7.11. The van der Waals surface area contributed by atoms with Gasteiger partial charge in [0.25, 0.3) is 0 Å². The number of nitrogens with one attached hydrogen (secondary N) is 2. The standard InChI is InChI=1S/C20H29N5S/c1-15-19(26-16(2)24-15)13-23-20(21-3)22-12-18-10-7-11-25(18)14-17-8-5-4-6-9-17/h4-6,8-9,18H,7,10-14H2,1-3H3,(H2,21,22,23). The molecule has 0 spiro atoms. The number of aliphatic imine (C=N–C) groups is 1. The molecule has 2 aromatic rings. The van der Waals surface area contributed by atoms with Crippen molar-refractivity contribution in [3.63, 3.8) is 0 Å². The van der Waals surface area contributed by atoms with E-state index in [9.17, 15) is 0 Å². The number of rotatable bonds is 6. The second-order valence-corrected chi connectivity index (χ2v) is 8.09. The van der Waals surface area contributed by atoms with Gasteiger partial charge in [0.2, 0.25) is 0 Å². The highest BCUT2D eigenvalue weighted by atomic mass is 32.1. The minimum atomic E-state index is 0.557. The van der Waals surface area contributed by atoms with E-state index in [0.29, 0.717) is 6.04 Å². The normalized spacial score (nSPS) is 18.3. The molecule has 3 rings (SSSR count). The molecule has 2 heterocycles. The van der Waals surface area contributed by atoms with Gasteiger partial charge < -0.3 is 10.6 Å². The van der Waals surface area contributed by atoms with Crippen molar-refractivity contribution >= 4 is 17.3 Å². The Labute approximate surface area is 160 Å². The quantitative estimate of drug-likeness (QED) is 0.605. The van der Waals surface area contributed by atoms with Gasteiger partial charge in [0.05, 0.1) is 17.2 Å². The number of nitrogens with zero attached hydrogens (tertiary/aromatic N) is 3. The molecule has 0 aliphatic carbocycles. The third-order valence-corrected chi connectivity index (χ3v) is 5.95. The predicted octanol–water partition coefficient (Wildman–Crippen LogP) is 3.09. The van der Waals surface area contributed by atoms with E-state index in [0.717, 1.165) is 36.3 Å². The third-order valence-electron chi connectivity index (χ3n) is 4.87. The second-order valence-electron chi connectivity index (χ2n) is 6.80. The van der Waals surface area contributed by atoms with Gasteiger partial charge in [-0.2, -0.15) is 0 Å². The van der Waals surface area contributed by atoms with Crippen molar-refractivity contribution in [2.45, 2.75) is 45.8 Å². The first-order chi connectivity index (χ1) is 12.7. The summed E-state index contributed by atoms with van der Waals surface area (Å²) in [6, 6.07) is 11.3. The number of benzene rings is 1. The highest BCUT2D eigenvalue weighted by Gasteiger charge is 2.24. The van der Waals surface area contributed by atoms with Crippen LogP contribution in [0.15, 0.2) is 35.3 Å². The SMILES string of the molecule is CN=C(NCc1sc(C)nc1C)NCC1CCCN1Cc1ccccc1. The highest BCUT2D eigenvalue weighted by Crippen LogP contribution is 2.19. The van der Waals surface area contributed by atoms with Crippen LogP contribution in [-0.2, 0) is 13.1 Å². The minimum Gasteiger partial charge on any atom is -0.355 e. The van der Waals surface area contributed by atoms with Crippen LogP contribution in [0.5, 0.6) is 0 Å². The molecule has 6 heteroatoms. The Balaban J connectivity index is 1.49. The van der Waals surface area contributed by atoms with E-state index < -0.39 is 0 Å². The molecule has 0 saturated carbocycles. The van der Waals surface area contributed by atoms with Gasteiger partial charge in [0.15, 0.2) is 5.96 Å². The van der Waals surface area contributed by atoms with Crippen LogP contribution >= 0.6 is 11.3 Å². The lowest BCUT2D eigenvalue weighted by Crippen LogP contribution is -2.44. The average Bonchev–Trinajstić information content (AvgIpc) is 3.21. The number of likely N-dealkylation sites (tertiary alicyclic amines) is 1. The Hall–Kier alpha value is -1.92. The van der Waals surface area contributed by atoms with Crippen LogP contribution in [0, 0.1) is 13.8 Å². The summed E-state index contributed by atoms with van der Waals surface area (Å²) in [4.78, 5) is 12.7. The zero-order valence-electron chi connectivity index (χ0n) is 16.0. The molecule has 1 aromatic carbocycles. The fourth-order valence-electron chi connectivity index (χ4n) is 3.49. The van der Waals surface area contributed by atoms with Crippen LogP contribution in [0.2, 0.25) is 0 Å². The van der Waals surface area contributed by atoms with E-state index in [2.05, 4.69) is 69.7 Å². The molecule has 1 fully saturated rings. The molecule has 1 aliphatic rings. The lowest BCUT2D eigenvalue weighted by Gasteiger charge is -2.25. The van der Waals surface area contributed by atoms with Crippen molar-refractivity contribution in [3.05, 3.63) is 51.5 Å². The van der Waals surface area contributed by atoms with Gasteiger partial charge in [0.1, 0.15) is 0 Å². The Morgan fingerprint density at radius 1 is 1.27 bits per heavy atom. The number of thiazole rings is 1. The van der Waals surface area contributed by atoms with Crippen LogP contribution in [0.4, 0.5) is 0 Å². The third kappa shape index (κ3) is 5.05. The zero-order chi connectivity index (χ0) is 18.4. The van der Waals surface area contributed by atoms with Gasteiger partial charge in [-0.25, -0.2) is 4.98 Å². The Kier molecular flexibility index (Phi) is 6.63. The Morgan fingerprint density at radius 2 is 2.08 bits per heavy atom. The number of aromatic nitrogens is 1. The summed E-state index contributed by atoms with van der Waals surface area (Å²) < 4.78 is 0. The molecule has 1 saturated heterocycles. The van der Waals surface area contributed by atoms with Crippen LogP contribution in [0.1, 0.15) is 34.0 Å². The first-order valence-corrected chi connectivity index (χ1v) is 10.1. The van der Waals surface area contributed by atoms with Crippen molar-refractivity contribution in [1.29, 1.82) is 0 Å². The van der Waals surface area contributed by atoms with Crippen LogP contribution in [0.3, 0.4) is 0 Å². The molecule has 2 N–H and O–H groups in total. The van der Waals surface area contributed by atoms with Gasteiger partial charge >= 0.3 is 0 Å². The maximum absolute atomic E-state index is 4.49. The summed E-state index contributed by atoms with van der Waals surface area (Å²) in [5.41, 5.74) is 2.50. The zero-order valence-corrected chi connectivity index (χ0v) is 16.8. The predicted molar refractivity (Wildman–Crippen MR) is 110 cm³/mol. The Morgan fingerprint density at radius 3 is 2.77 bits per heavy atom. The summed E-state index contributed by atoms with van der Waals surface area (Å²) in [7, 11) is 1.83. The molecular formula is C20H29N5S. The van der Waals surface area contributed by atoms with E-state index in [1.807, 2.05) is 7.05 Å². The van der Waals surface area contributed by atoms with E-state index >= 15 is 0 Å². The second kappa shape index (κ2) is 9.14. The van der Waals surface area contributed by atoms with Crippen molar-refractivity contribution in [2.24, 2.45) is 4.99 Å². The minimum absolute atomic E-state index is 0.557. The summed E-state index contributed by atoms with van der Waals surface area (Å²) in [5.74, 6) is 0.863. The van der Waals surface area contributed by atoms with Crippen molar-refractivity contribution in [1.82, 2.24) is 20.5 Å². The first-order valence-electron chi connectivity index (χ1n) is 9.31. The topological polar surface area (TPSA) is 52.6 Å². The number of aryl methyl sites for hydroxylation is 2. The molecule has 0 amide bonds. The average molecular weight is 372 g/mol. The maximum atomic E-state index is 4.49. The number of hydrogen-bond donors (Lipinski definition) is 2. The number of guanidine groups is 1. The van der Waals surface area contributed by atoms with E-state index in [-0.39, 0.29) is 0 Å². The molecule has 1 aliphatic heterocycles. The lowest BCUT2D eigenvalue weighted by molar-refractivity contribution is 0.245. The smallest absolute Gasteiger partial charge is 0.191 e. The summed E-state index contributed by atoms with van der Waals surface area (Å²) in [5, 5.41) is 8.04. The van der Waals surface area contributed by atoms with Gasteiger partial charge in [-0.05, 0) is 38.8 Å². The molecule has 26 heavy (non-hydrogen) atoms. The van der Waals surface area contributed by atoms with Crippen molar-refractivity contribution in [2.75, 3.05) is 20.1 Å². The fourth-order valence-corrected chi connectivity index (χ4v) is 4.37. The summed E-state index contributed by atoms with van der Waals surface area (Å²) in [6.45, 7) is 8.01. The largest absolute Gasteiger partial charge is 0.355 e. The van der Waals surface area contributed by atoms with E-state index in [1.165, 1.54) is 29.8 Å². The first kappa shape index (κ1) is 18.9. The molecule has 1 aromatic heterocycles. The maximum Gasteiger partial charge on any atom is 0.191 e. The fraction of sp³-hybridized carbons (Fsp3) is 0.500. The van der Waals surface area contributed by atoms with Crippen molar-refractivity contribution in [3.8, 4) is 0 Å². The molecule has 5 nitrogen and oxygen atoms in total. The molecule has 1 atom stereocenters. The van der Waals surface area contributed by atoms with E-state index in [4.69, 9.17) is 0 Å². The molecule has 1 unspecified atom stereocenters. The van der Waals surface area contributed by atoms with Crippen molar-refractivity contribution < 1.29 is 0 Å². The lowest BCUT2D eigenvalue weighted by atomic mass is 10.2. The van der Waals surface area contributed by atoms with Crippen LogP contribution < -0.4 is 10.6 Å². The van der Waals surface area contributed by atoms with Gasteiger partial charge in [-0.15, -0.1) is 11.3 Å². The van der Waals surface area contributed by atoms with E-state index in [1.54, 1.807) is 11.3 Å². The van der Waals surface area contributed by atoms with Gasteiger partial charge in [-0.3, -0.25) is 9.89 Å². The number of hydrogen-bond acceptors (Lipinski definition) is 4. The molecule has 140 valence electrons. The molecule has 0 radical (unpaired) electrons. The summed E-state index contributed by atoms with van der Waals surface area (Å²) >= 11 is 1.75. The van der Waals surface area contributed by atoms with Crippen LogP contribution in [-0.4, -0.2) is 42.0 Å². The monoisotopic (exact) mass is 371 g/mol. The van der Waals surface area contributed by atoms with Gasteiger partial charge in [-0.1, -0.05) is 30.3 Å². The van der Waals surface area contributed by atoms with Crippen LogP contribution in [0.25, 0.3) is 0 Å². The Bertz CT molecular complexity index is 725.